The fourth-order valence-corrected chi connectivity index (χ4v) is 2.20. The molecule has 0 aliphatic heterocycles. The predicted octanol–water partition coefficient (Wildman–Crippen LogP) is 2.32. The maximum Gasteiger partial charge on any atom is 0.0863 e. The van der Waals surface area contributed by atoms with Gasteiger partial charge in [-0.2, -0.15) is 5.10 Å². The van der Waals surface area contributed by atoms with E-state index in [9.17, 15) is 0 Å². The van der Waals surface area contributed by atoms with Gasteiger partial charge in [-0.3, -0.25) is 9.67 Å². The average molecular weight is 265 g/mol. The summed E-state index contributed by atoms with van der Waals surface area (Å²) in [5.74, 6) is 0. The molecule has 2 aromatic rings. The normalized spacial score (nSPS) is 10.8. The molecule has 2 rings (SSSR count). The Bertz CT molecular complexity index is 507. The zero-order valence-electron chi connectivity index (χ0n) is 10.7. The highest BCUT2D eigenvalue weighted by Gasteiger charge is 2.11. The van der Waals surface area contributed by atoms with E-state index in [-0.39, 0.29) is 0 Å². The molecule has 0 spiro atoms. The zero-order valence-corrected chi connectivity index (χ0v) is 11.4. The number of rotatable bonds is 5. The van der Waals surface area contributed by atoms with Gasteiger partial charge in [0.1, 0.15) is 0 Å². The van der Waals surface area contributed by atoms with Crippen molar-refractivity contribution in [3.05, 3.63) is 46.5 Å². The lowest BCUT2D eigenvalue weighted by atomic mass is 10.2. The van der Waals surface area contributed by atoms with Gasteiger partial charge in [-0.25, -0.2) is 0 Å². The van der Waals surface area contributed by atoms with Crippen LogP contribution < -0.4 is 5.32 Å². The van der Waals surface area contributed by atoms with Crippen LogP contribution in [0.25, 0.3) is 0 Å². The fraction of sp³-hybridized carbons (Fsp3) is 0.385. The van der Waals surface area contributed by atoms with Crippen molar-refractivity contribution in [3.63, 3.8) is 0 Å². The van der Waals surface area contributed by atoms with Crippen molar-refractivity contribution < 1.29 is 0 Å². The summed E-state index contributed by atoms with van der Waals surface area (Å²) >= 11 is 6.28. The standard InChI is InChI=1S/C13H17ClN4/c1-3-11-13(14)12(18(2)17-11)9-16-8-10-5-4-6-15-7-10/h4-7,16H,3,8-9H2,1-2H3. The van der Waals surface area contributed by atoms with Crippen molar-refractivity contribution in [2.45, 2.75) is 26.4 Å². The Morgan fingerprint density at radius 2 is 2.22 bits per heavy atom. The molecule has 0 fully saturated rings. The number of aromatic nitrogens is 3. The number of halogens is 1. The lowest BCUT2D eigenvalue weighted by molar-refractivity contribution is 0.623. The Hall–Kier alpha value is -1.39. The van der Waals surface area contributed by atoms with Crippen LogP contribution in [0.1, 0.15) is 23.9 Å². The SMILES string of the molecule is CCc1nn(C)c(CNCc2cccnc2)c1Cl. The van der Waals surface area contributed by atoms with Gasteiger partial charge in [0, 0.05) is 32.5 Å². The van der Waals surface area contributed by atoms with Crippen LogP contribution in [-0.2, 0) is 26.6 Å². The third-order valence-electron chi connectivity index (χ3n) is 2.85. The molecule has 2 aromatic heterocycles. The van der Waals surface area contributed by atoms with Gasteiger partial charge < -0.3 is 5.32 Å². The first kappa shape index (κ1) is 13.1. The topological polar surface area (TPSA) is 42.7 Å². The Balaban J connectivity index is 1.96. The van der Waals surface area contributed by atoms with Crippen LogP contribution in [0.4, 0.5) is 0 Å². The molecule has 2 heterocycles. The number of pyridine rings is 1. The van der Waals surface area contributed by atoms with Crippen molar-refractivity contribution in [1.82, 2.24) is 20.1 Å². The van der Waals surface area contributed by atoms with E-state index in [0.29, 0.717) is 6.54 Å². The smallest absolute Gasteiger partial charge is 0.0863 e. The van der Waals surface area contributed by atoms with Crippen LogP contribution in [-0.4, -0.2) is 14.8 Å². The summed E-state index contributed by atoms with van der Waals surface area (Å²) in [7, 11) is 1.92. The molecule has 0 unspecified atom stereocenters. The van der Waals surface area contributed by atoms with Crippen LogP contribution in [0.2, 0.25) is 5.02 Å². The van der Waals surface area contributed by atoms with Gasteiger partial charge in [0.15, 0.2) is 0 Å². The first-order valence-corrected chi connectivity index (χ1v) is 6.40. The first-order chi connectivity index (χ1) is 8.72. The second-order valence-electron chi connectivity index (χ2n) is 4.15. The van der Waals surface area contributed by atoms with Crippen LogP contribution >= 0.6 is 11.6 Å². The number of hydrogen-bond acceptors (Lipinski definition) is 3. The summed E-state index contributed by atoms with van der Waals surface area (Å²) in [6.45, 7) is 3.54. The molecule has 0 aliphatic carbocycles. The third-order valence-corrected chi connectivity index (χ3v) is 3.28. The average Bonchev–Trinajstić information content (AvgIpc) is 2.67. The molecule has 0 aromatic carbocycles. The number of nitrogens with zero attached hydrogens (tertiary/aromatic N) is 3. The fourth-order valence-electron chi connectivity index (χ4n) is 1.84. The van der Waals surface area contributed by atoms with E-state index in [1.807, 2.05) is 30.1 Å². The van der Waals surface area contributed by atoms with E-state index in [0.717, 1.165) is 34.9 Å². The Morgan fingerprint density at radius 3 is 2.83 bits per heavy atom. The zero-order chi connectivity index (χ0) is 13.0. The summed E-state index contributed by atoms with van der Waals surface area (Å²) in [6, 6.07) is 3.98. The van der Waals surface area contributed by atoms with Gasteiger partial charge in [-0.15, -0.1) is 0 Å². The van der Waals surface area contributed by atoms with Gasteiger partial charge >= 0.3 is 0 Å². The molecule has 0 amide bonds. The molecule has 5 heteroatoms. The number of nitrogens with one attached hydrogen (secondary N) is 1. The molecule has 18 heavy (non-hydrogen) atoms. The minimum absolute atomic E-state index is 0.706. The van der Waals surface area contributed by atoms with Gasteiger partial charge in [-0.05, 0) is 18.1 Å². The Morgan fingerprint density at radius 1 is 1.39 bits per heavy atom. The van der Waals surface area contributed by atoms with Crippen LogP contribution in [0.15, 0.2) is 24.5 Å². The van der Waals surface area contributed by atoms with Gasteiger partial charge in [0.25, 0.3) is 0 Å². The summed E-state index contributed by atoms with van der Waals surface area (Å²) < 4.78 is 1.84. The molecule has 96 valence electrons. The molecule has 0 bridgehead atoms. The van der Waals surface area contributed by atoms with Crippen LogP contribution in [0, 0.1) is 0 Å². The lowest BCUT2D eigenvalue weighted by Crippen LogP contribution is -2.15. The monoisotopic (exact) mass is 264 g/mol. The molecule has 0 radical (unpaired) electrons. The first-order valence-electron chi connectivity index (χ1n) is 6.02. The number of hydrogen-bond donors (Lipinski definition) is 1. The van der Waals surface area contributed by atoms with Crippen molar-refractivity contribution in [2.75, 3.05) is 0 Å². The van der Waals surface area contributed by atoms with E-state index in [1.54, 1.807) is 6.20 Å². The maximum absolute atomic E-state index is 6.28. The summed E-state index contributed by atoms with van der Waals surface area (Å²) in [6.07, 6.45) is 4.49. The molecule has 4 nitrogen and oxygen atoms in total. The summed E-state index contributed by atoms with van der Waals surface area (Å²) in [5.41, 5.74) is 3.14. The van der Waals surface area contributed by atoms with E-state index in [1.165, 1.54) is 0 Å². The van der Waals surface area contributed by atoms with Crippen molar-refractivity contribution in [1.29, 1.82) is 0 Å². The minimum Gasteiger partial charge on any atom is -0.307 e. The van der Waals surface area contributed by atoms with Crippen molar-refractivity contribution in [2.24, 2.45) is 7.05 Å². The predicted molar refractivity (Wildman–Crippen MR) is 72.4 cm³/mol. The highest BCUT2D eigenvalue weighted by molar-refractivity contribution is 6.31. The van der Waals surface area contributed by atoms with Gasteiger partial charge in [-0.1, -0.05) is 24.6 Å². The van der Waals surface area contributed by atoms with Crippen molar-refractivity contribution >= 4 is 11.6 Å². The van der Waals surface area contributed by atoms with E-state index in [2.05, 4.69) is 22.3 Å². The molecule has 0 saturated heterocycles. The molecule has 1 N–H and O–H groups in total. The van der Waals surface area contributed by atoms with Crippen LogP contribution in [0.5, 0.6) is 0 Å². The van der Waals surface area contributed by atoms with E-state index >= 15 is 0 Å². The molecule has 0 atom stereocenters. The largest absolute Gasteiger partial charge is 0.307 e. The Labute approximate surface area is 112 Å². The molecule has 0 saturated carbocycles. The van der Waals surface area contributed by atoms with Crippen molar-refractivity contribution in [3.8, 4) is 0 Å². The molecular formula is C13H17ClN4. The van der Waals surface area contributed by atoms with Gasteiger partial charge in [0.2, 0.25) is 0 Å². The quantitative estimate of drug-likeness (QED) is 0.901. The highest BCUT2D eigenvalue weighted by Crippen LogP contribution is 2.20. The molecule has 0 aliphatic rings. The van der Waals surface area contributed by atoms with Crippen LogP contribution in [0.3, 0.4) is 0 Å². The summed E-state index contributed by atoms with van der Waals surface area (Å²) in [5, 5.41) is 8.52. The second-order valence-corrected chi connectivity index (χ2v) is 4.53. The van der Waals surface area contributed by atoms with Gasteiger partial charge in [0.05, 0.1) is 16.4 Å². The molecular weight excluding hydrogens is 248 g/mol. The second kappa shape index (κ2) is 5.98. The maximum atomic E-state index is 6.28. The minimum atomic E-state index is 0.706. The summed E-state index contributed by atoms with van der Waals surface area (Å²) in [4.78, 5) is 4.08. The van der Waals surface area contributed by atoms with E-state index in [4.69, 9.17) is 11.6 Å². The third kappa shape index (κ3) is 2.89. The number of aryl methyl sites for hydroxylation is 2. The van der Waals surface area contributed by atoms with E-state index < -0.39 is 0 Å². The lowest BCUT2D eigenvalue weighted by Gasteiger charge is -2.05. The highest BCUT2D eigenvalue weighted by atomic mass is 35.5. The Kier molecular flexibility index (Phi) is 4.33.